The van der Waals surface area contributed by atoms with Crippen LogP contribution in [0.5, 0.6) is 0 Å². The van der Waals surface area contributed by atoms with Gasteiger partial charge in [-0.1, -0.05) is 32.9 Å². The van der Waals surface area contributed by atoms with Gasteiger partial charge in [-0.25, -0.2) is 4.98 Å². The first kappa shape index (κ1) is 18.3. The van der Waals surface area contributed by atoms with Gasteiger partial charge in [0.2, 0.25) is 5.91 Å². The largest absolute Gasteiger partial charge is 0.353 e. The van der Waals surface area contributed by atoms with Crippen molar-refractivity contribution in [3.8, 4) is 0 Å². The van der Waals surface area contributed by atoms with Gasteiger partial charge in [0.05, 0.1) is 12.7 Å². The van der Waals surface area contributed by atoms with Crippen molar-refractivity contribution in [2.75, 3.05) is 42.9 Å². The Kier molecular flexibility index (Phi) is 5.52. The molecule has 2 aromatic rings. The van der Waals surface area contributed by atoms with Crippen LogP contribution >= 0.6 is 0 Å². The number of nitrogens with zero attached hydrogens (tertiary/aromatic N) is 4. The molecular formula is C20H27N5O. The van der Waals surface area contributed by atoms with Crippen molar-refractivity contribution in [1.82, 2.24) is 14.9 Å². The van der Waals surface area contributed by atoms with E-state index in [1.807, 2.05) is 12.1 Å². The third-order valence-electron chi connectivity index (χ3n) is 4.65. The molecule has 1 aliphatic rings. The van der Waals surface area contributed by atoms with Crippen LogP contribution in [0.4, 0.5) is 11.5 Å². The maximum Gasteiger partial charge on any atom is 0.238 e. The molecule has 0 spiro atoms. The molecule has 0 bridgehead atoms. The van der Waals surface area contributed by atoms with Crippen LogP contribution in [-0.2, 0) is 10.2 Å². The van der Waals surface area contributed by atoms with E-state index in [2.05, 4.69) is 58.0 Å². The lowest BCUT2D eigenvalue weighted by Gasteiger charge is -2.34. The summed E-state index contributed by atoms with van der Waals surface area (Å²) in [6.07, 6.45) is 5.17. The summed E-state index contributed by atoms with van der Waals surface area (Å²) in [6.45, 7) is 10.3. The monoisotopic (exact) mass is 353 g/mol. The fourth-order valence-corrected chi connectivity index (χ4v) is 3.05. The Morgan fingerprint density at radius 3 is 2.35 bits per heavy atom. The Balaban J connectivity index is 1.47. The summed E-state index contributed by atoms with van der Waals surface area (Å²) in [5.74, 6) is 0.928. The molecule has 1 aliphatic heterocycles. The SMILES string of the molecule is CC(C)(C)c1ccc(NC(=O)CN2CCN(c3cnccn3)CC2)cc1. The molecule has 138 valence electrons. The number of carbonyl (C=O) groups is 1. The van der Waals surface area contributed by atoms with Gasteiger partial charge < -0.3 is 10.2 Å². The normalized spacial score (nSPS) is 15.7. The summed E-state index contributed by atoms with van der Waals surface area (Å²) >= 11 is 0. The molecule has 1 saturated heterocycles. The standard InChI is InChI=1S/C20H27N5O/c1-20(2,3)16-4-6-17(7-5-16)23-19(26)15-24-10-12-25(13-11-24)18-14-21-8-9-22-18/h4-9,14H,10-13,15H2,1-3H3,(H,23,26). The second-order valence-corrected chi connectivity index (χ2v) is 7.70. The molecule has 1 amide bonds. The van der Waals surface area contributed by atoms with E-state index in [-0.39, 0.29) is 11.3 Å². The van der Waals surface area contributed by atoms with Crippen LogP contribution in [0.15, 0.2) is 42.9 Å². The summed E-state index contributed by atoms with van der Waals surface area (Å²) in [6, 6.07) is 8.11. The van der Waals surface area contributed by atoms with Crippen molar-refractivity contribution >= 4 is 17.4 Å². The summed E-state index contributed by atoms with van der Waals surface area (Å²) in [5, 5.41) is 2.99. The van der Waals surface area contributed by atoms with Gasteiger partial charge >= 0.3 is 0 Å². The molecule has 0 unspecified atom stereocenters. The second kappa shape index (κ2) is 7.83. The molecule has 6 heteroatoms. The van der Waals surface area contributed by atoms with Gasteiger partial charge in [0, 0.05) is 44.3 Å². The Labute approximate surface area is 155 Å². The number of anilines is 2. The molecule has 0 aliphatic carbocycles. The van der Waals surface area contributed by atoms with Gasteiger partial charge in [-0.15, -0.1) is 0 Å². The first-order valence-corrected chi connectivity index (χ1v) is 9.05. The van der Waals surface area contributed by atoms with E-state index in [4.69, 9.17) is 0 Å². The quantitative estimate of drug-likeness (QED) is 0.915. The number of nitrogens with one attached hydrogen (secondary N) is 1. The Morgan fingerprint density at radius 1 is 1.08 bits per heavy atom. The first-order chi connectivity index (χ1) is 12.4. The van der Waals surface area contributed by atoms with E-state index in [0.717, 1.165) is 37.7 Å². The fraction of sp³-hybridized carbons (Fsp3) is 0.450. The highest BCUT2D eigenvalue weighted by Crippen LogP contribution is 2.23. The number of amides is 1. The molecule has 2 heterocycles. The lowest BCUT2D eigenvalue weighted by Crippen LogP contribution is -2.48. The van der Waals surface area contributed by atoms with Crippen LogP contribution in [-0.4, -0.2) is 53.5 Å². The molecule has 0 atom stereocenters. The minimum atomic E-state index is 0.0291. The fourth-order valence-electron chi connectivity index (χ4n) is 3.05. The van der Waals surface area contributed by atoms with Crippen molar-refractivity contribution in [3.63, 3.8) is 0 Å². The third kappa shape index (κ3) is 4.79. The molecule has 1 aromatic heterocycles. The van der Waals surface area contributed by atoms with Crippen LogP contribution in [0.1, 0.15) is 26.3 Å². The number of piperazine rings is 1. The lowest BCUT2D eigenvalue weighted by atomic mass is 9.87. The number of hydrogen-bond donors (Lipinski definition) is 1. The van der Waals surface area contributed by atoms with Gasteiger partial charge in [0.15, 0.2) is 0 Å². The summed E-state index contributed by atoms with van der Waals surface area (Å²) in [4.78, 5) is 25.1. The van der Waals surface area contributed by atoms with Crippen LogP contribution in [0.25, 0.3) is 0 Å². The smallest absolute Gasteiger partial charge is 0.238 e. The average molecular weight is 353 g/mol. The molecule has 1 N–H and O–H groups in total. The van der Waals surface area contributed by atoms with E-state index in [9.17, 15) is 4.79 Å². The predicted molar refractivity (Wildman–Crippen MR) is 104 cm³/mol. The molecule has 0 saturated carbocycles. The Bertz CT molecular complexity index is 716. The van der Waals surface area contributed by atoms with E-state index in [1.165, 1.54) is 5.56 Å². The molecular weight excluding hydrogens is 326 g/mol. The van der Waals surface area contributed by atoms with Crippen molar-refractivity contribution in [1.29, 1.82) is 0 Å². The summed E-state index contributed by atoms with van der Waals surface area (Å²) in [5.41, 5.74) is 2.22. The minimum Gasteiger partial charge on any atom is -0.353 e. The summed E-state index contributed by atoms with van der Waals surface area (Å²) in [7, 11) is 0. The number of benzene rings is 1. The second-order valence-electron chi connectivity index (χ2n) is 7.70. The molecule has 6 nitrogen and oxygen atoms in total. The Morgan fingerprint density at radius 2 is 1.77 bits per heavy atom. The summed E-state index contributed by atoms with van der Waals surface area (Å²) < 4.78 is 0. The van der Waals surface area contributed by atoms with Crippen molar-refractivity contribution in [3.05, 3.63) is 48.4 Å². The van der Waals surface area contributed by atoms with Gasteiger partial charge in [0.1, 0.15) is 5.82 Å². The van der Waals surface area contributed by atoms with Crippen LogP contribution in [0.2, 0.25) is 0 Å². The average Bonchev–Trinajstić information content (AvgIpc) is 2.63. The zero-order valence-electron chi connectivity index (χ0n) is 15.8. The van der Waals surface area contributed by atoms with Crippen molar-refractivity contribution < 1.29 is 4.79 Å². The number of aromatic nitrogens is 2. The van der Waals surface area contributed by atoms with Crippen LogP contribution in [0.3, 0.4) is 0 Å². The minimum absolute atomic E-state index is 0.0291. The number of hydrogen-bond acceptors (Lipinski definition) is 5. The maximum absolute atomic E-state index is 12.3. The molecule has 1 aromatic carbocycles. The highest BCUT2D eigenvalue weighted by molar-refractivity contribution is 5.92. The van der Waals surface area contributed by atoms with Crippen molar-refractivity contribution in [2.24, 2.45) is 0 Å². The van der Waals surface area contributed by atoms with Crippen molar-refractivity contribution in [2.45, 2.75) is 26.2 Å². The van der Waals surface area contributed by atoms with Crippen LogP contribution in [0, 0.1) is 0 Å². The first-order valence-electron chi connectivity index (χ1n) is 9.05. The zero-order chi connectivity index (χ0) is 18.6. The highest BCUT2D eigenvalue weighted by Gasteiger charge is 2.20. The van der Waals surface area contributed by atoms with E-state index >= 15 is 0 Å². The van der Waals surface area contributed by atoms with Crippen LogP contribution < -0.4 is 10.2 Å². The van der Waals surface area contributed by atoms with E-state index < -0.39 is 0 Å². The van der Waals surface area contributed by atoms with Gasteiger partial charge in [-0.3, -0.25) is 14.7 Å². The molecule has 1 fully saturated rings. The van der Waals surface area contributed by atoms with Gasteiger partial charge in [-0.05, 0) is 23.1 Å². The van der Waals surface area contributed by atoms with E-state index in [1.54, 1.807) is 18.6 Å². The predicted octanol–water partition coefficient (Wildman–Crippen LogP) is 2.53. The number of carbonyl (C=O) groups excluding carboxylic acids is 1. The number of rotatable bonds is 4. The highest BCUT2D eigenvalue weighted by atomic mass is 16.2. The topological polar surface area (TPSA) is 61.4 Å². The zero-order valence-corrected chi connectivity index (χ0v) is 15.8. The molecule has 3 rings (SSSR count). The van der Waals surface area contributed by atoms with Gasteiger partial charge in [-0.2, -0.15) is 0 Å². The molecule has 26 heavy (non-hydrogen) atoms. The maximum atomic E-state index is 12.3. The van der Waals surface area contributed by atoms with Gasteiger partial charge in [0.25, 0.3) is 0 Å². The molecule has 0 radical (unpaired) electrons. The Hall–Kier alpha value is -2.47. The van der Waals surface area contributed by atoms with E-state index in [0.29, 0.717) is 6.54 Å². The third-order valence-corrected chi connectivity index (χ3v) is 4.65. The lowest BCUT2D eigenvalue weighted by molar-refractivity contribution is -0.117.